The Bertz CT molecular complexity index is 1620. The zero-order valence-electron chi connectivity index (χ0n) is 23.6. The highest BCUT2D eigenvalue weighted by atomic mass is 32.2. The van der Waals surface area contributed by atoms with Crippen LogP contribution in [0.15, 0.2) is 65.6 Å². The molecule has 6 rings (SSSR count). The second kappa shape index (κ2) is 9.58. The lowest BCUT2D eigenvalue weighted by Crippen LogP contribution is -2.71. The minimum Gasteiger partial charge on any atom is -0.327 e. The van der Waals surface area contributed by atoms with Gasteiger partial charge in [0, 0.05) is 63.6 Å². The molecule has 0 aliphatic carbocycles. The van der Waals surface area contributed by atoms with Gasteiger partial charge in [-0.1, -0.05) is 38.1 Å². The van der Waals surface area contributed by atoms with Gasteiger partial charge in [-0.3, -0.25) is 4.90 Å². The molecule has 0 atom stereocenters. The van der Waals surface area contributed by atoms with Gasteiger partial charge in [-0.25, -0.2) is 13.4 Å². The summed E-state index contributed by atoms with van der Waals surface area (Å²) in [4.78, 5) is 10.4. The Morgan fingerprint density at radius 3 is 2.10 bits per heavy atom. The zero-order valence-corrected chi connectivity index (χ0v) is 24.4. The summed E-state index contributed by atoms with van der Waals surface area (Å²) < 4.78 is 25.8. The Morgan fingerprint density at radius 1 is 0.872 bits per heavy atom. The van der Waals surface area contributed by atoms with Crippen LogP contribution < -0.4 is 0 Å². The first-order valence-corrected chi connectivity index (χ1v) is 15.7. The van der Waals surface area contributed by atoms with Crippen molar-refractivity contribution in [1.29, 1.82) is 0 Å². The number of fused-ring (bicyclic) bond motifs is 1. The molecule has 0 bridgehead atoms. The molecule has 204 valence electrons. The van der Waals surface area contributed by atoms with E-state index in [9.17, 15) is 8.42 Å². The molecule has 2 fully saturated rings. The van der Waals surface area contributed by atoms with Gasteiger partial charge in [-0.05, 0) is 71.5 Å². The number of nitrogens with zero attached hydrogens (tertiary/aromatic N) is 4. The summed E-state index contributed by atoms with van der Waals surface area (Å²) in [5.74, 6) is 1.58. The molecule has 0 saturated carbocycles. The fourth-order valence-corrected chi connectivity index (χ4v) is 7.19. The van der Waals surface area contributed by atoms with Crippen molar-refractivity contribution in [3.8, 4) is 22.5 Å². The highest BCUT2D eigenvalue weighted by molar-refractivity contribution is 7.90. The van der Waals surface area contributed by atoms with Gasteiger partial charge in [0.15, 0.2) is 9.84 Å². The molecular formula is C32H38N4O2S. The van der Waals surface area contributed by atoms with E-state index in [4.69, 9.17) is 4.98 Å². The standard InChI is InChI=1S/C32H38N4O2S/c1-22(2)16-35-18-32(19-35)20-36(21-32)17-24-6-8-25(9-7-24)27-14-23(3)30-29(15-27)34(4)31(33-30)26-10-12-28(13-11-26)39(5,37)38/h6-15,22H,16-21H2,1-5H3. The van der Waals surface area contributed by atoms with Crippen molar-refractivity contribution in [2.45, 2.75) is 32.2 Å². The van der Waals surface area contributed by atoms with Crippen LogP contribution in [0.25, 0.3) is 33.5 Å². The average Bonchev–Trinajstić information content (AvgIpc) is 3.18. The summed E-state index contributed by atoms with van der Waals surface area (Å²) in [5.41, 5.74) is 8.35. The van der Waals surface area contributed by atoms with E-state index in [0.717, 1.165) is 40.4 Å². The van der Waals surface area contributed by atoms with Crippen molar-refractivity contribution in [3.05, 3.63) is 71.8 Å². The van der Waals surface area contributed by atoms with Gasteiger partial charge in [-0.15, -0.1) is 0 Å². The summed E-state index contributed by atoms with van der Waals surface area (Å²) >= 11 is 0. The summed E-state index contributed by atoms with van der Waals surface area (Å²) in [6, 6.07) is 20.4. The molecule has 0 unspecified atom stereocenters. The number of sulfone groups is 1. The minimum absolute atomic E-state index is 0.317. The predicted molar refractivity (Wildman–Crippen MR) is 158 cm³/mol. The van der Waals surface area contributed by atoms with E-state index in [0.29, 0.717) is 10.3 Å². The number of hydrogen-bond donors (Lipinski definition) is 0. The molecule has 0 amide bonds. The number of aromatic nitrogens is 2. The van der Waals surface area contributed by atoms with E-state index in [1.54, 1.807) is 12.1 Å². The van der Waals surface area contributed by atoms with Gasteiger partial charge in [0.1, 0.15) is 5.82 Å². The Balaban J connectivity index is 1.16. The van der Waals surface area contributed by atoms with Crippen molar-refractivity contribution >= 4 is 20.9 Å². The molecular weight excluding hydrogens is 504 g/mol. The summed E-state index contributed by atoms with van der Waals surface area (Å²) in [6.07, 6.45) is 1.23. The van der Waals surface area contributed by atoms with Crippen LogP contribution >= 0.6 is 0 Å². The average molecular weight is 543 g/mol. The lowest BCUT2D eigenvalue weighted by Gasteiger charge is -2.61. The number of benzene rings is 3. The first-order chi connectivity index (χ1) is 18.5. The first kappa shape index (κ1) is 26.2. The van der Waals surface area contributed by atoms with Crippen LogP contribution in [0.4, 0.5) is 0 Å². The molecule has 2 saturated heterocycles. The maximum absolute atomic E-state index is 11.9. The van der Waals surface area contributed by atoms with E-state index in [2.05, 4.69) is 71.5 Å². The van der Waals surface area contributed by atoms with Gasteiger partial charge in [0.2, 0.25) is 0 Å². The maximum Gasteiger partial charge on any atom is 0.175 e. The van der Waals surface area contributed by atoms with Crippen molar-refractivity contribution < 1.29 is 8.42 Å². The van der Waals surface area contributed by atoms with Gasteiger partial charge < -0.3 is 9.47 Å². The highest BCUT2D eigenvalue weighted by Gasteiger charge is 2.51. The molecule has 0 N–H and O–H groups in total. The SMILES string of the molecule is Cc1cc(-c2ccc(CN3CC4(C3)CN(CC(C)C)C4)cc2)cc2c1nc(-c1ccc(S(C)(=O)=O)cc1)n2C. The molecule has 3 heterocycles. The minimum atomic E-state index is -3.23. The largest absolute Gasteiger partial charge is 0.327 e. The predicted octanol–water partition coefficient (Wildman–Crippen LogP) is 5.39. The Kier molecular flexibility index (Phi) is 6.44. The molecule has 6 nitrogen and oxygen atoms in total. The quantitative estimate of drug-likeness (QED) is 0.313. The van der Waals surface area contributed by atoms with E-state index >= 15 is 0 Å². The van der Waals surface area contributed by atoms with Crippen LogP contribution in [0.3, 0.4) is 0 Å². The second-order valence-corrected chi connectivity index (χ2v) is 14.4. The molecule has 7 heteroatoms. The third-order valence-corrected chi connectivity index (χ3v) is 9.40. The summed E-state index contributed by atoms with van der Waals surface area (Å²) in [7, 11) is -1.21. The van der Waals surface area contributed by atoms with E-state index in [1.165, 1.54) is 55.7 Å². The third kappa shape index (κ3) is 5.04. The lowest BCUT2D eigenvalue weighted by molar-refractivity contribution is -0.120. The second-order valence-electron chi connectivity index (χ2n) is 12.4. The van der Waals surface area contributed by atoms with Crippen LogP contribution in [-0.4, -0.2) is 66.7 Å². The molecule has 1 aromatic heterocycles. The van der Waals surface area contributed by atoms with E-state index in [-0.39, 0.29) is 0 Å². The topological polar surface area (TPSA) is 58.4 Å². The number of imidazole rings is 1. The van der Waals surface area contributed by atoms with E-state index in [1.807, 2.05) is 19.2 Å². The summed E-state index contributed by atoms with van der Waals surface area (Å²) in [5, 5.41) is 0. The van der Waals surface area contributed by atoms with E-state index < -0.39 is 9.84 Å². The van der Waals surface area contributed by atoms with Crippen molar-refractivity contribution in [1.82, 2.24) is 19.4 Å². The molecule has 2 aliphatic heterocycles. The van der Waals surface area contributed by atoms with Crippen LogP contribution in [-0.2, 0) is 23.4 Å². The Morgan fingerprint density at radius 2 is 1.49 bits per heavy atom. The van der Waals surface area contributed by atoms with Crippen molar-refractivity contribution in [2.75, 3.05) is 39.0 Å². The van der Waals surface area contributed by atoms with Crippen molar-refractivity contribution in [3.63, 3.8) is 0 Å². The van der Waals surface area contributed by atoms with Gasteiger partial charge in [-0.2, -0.15) is 0 Å². The first-order valence-electron chi connectivity index (χ1n) is 13.8. The highest BCUT2D eigenvalue weighted by Crippen LogP contribution is 2.40. The van der Waals surface area contributed by atoms with Crippen LogP contribution in [0.1, 0.15) is 25.0 Å². The number of aryl methyl sites for hydroxylation is 2. The molecule has 4 aromatic rings. The normalized spacial score (nSPS) is 17.6. The summed E-state index contributed by atoms with van der Waals surface area (Å²) in [6.45, 7) is 13.9. The van der Waals surface area contributed by atoms with Gasteiger partial charge in [0.05, 0.1) is 15.9 Å². The Labute approximate surface area is 232 Å². The Hall–Kier alpha value is -3.00. The monoisotopic (exact) mass is 542 g/mol. The third-order valence-electron chi connectivity index (χ3n) is 8.27. The van der Waals surface area contributed by atoms with Gasteiger partial charge >= 0.3 is 0 Å². The van der Waals surface area contributed by atoms with Gasteiger partial charge in [0.25, 0.3) is 0 Å². The lowest BCUT2D eigenvalue weighted by atomic mass is 9.72. The fourth-order valence-electron chi connectivity index (χ4n) is 6.56. The van der Waals surface area contributed by atoms with Crippen LogP contribution in [0.2, 0.25) is 0 Å². The fraction of sp³-hybridized carbons (Fsp3) is 0.406. The maximum atomic E-state index is 11.9. The molecule has 39 heavy (non-hydrogen) atoms. The molecule has 0 radical (unpaired) electrons. The number of likely N-dealkylation sites (tertiary alicyclic amines) is 2. The number of hydrogen-bond acceptors (Lipinski definition) is 5. The number of rotatable bonds is 7. The molecule has 3 aromatic carbocycles. The zero-order chi connectivity index (χ0) is 27.5. The van der Waals surface area contributed by atoms with Crippen LogP contribution in [0.5, 0.6) is 0 Å². The van der Waals surface area contributed by atoms with Crippen molar-refractivity contribution in [2.24, 2.45) is 18.4 Å². The molecule has 1 spiro atoms. The molecule has 2 aliphatic rings. The van der Waals surface area contributed by atoms with Crippen LogP contribution in [0, 0.1) is 18.3 Å². The smallest absolute Gasteiger partial charge is 0.175 e.